The van der Waals surface area contributed by atoms with Crippen LogP contribution >= 0.6 is 11.3 Å². The first-order valence-corrected chi connectivity index (χ1v) is 10.0. The zero-order chi connectivity index (χ0) is 16.4. The van der Waals surface area contributed by atoms with Gasteiger partial charge < -0.3 is 4.90 Å². The summed E-state index contributed by atoms with van der Waals surface area (Å²) >= 11 is 1.30. The lowest BCUT2D eigenvalue weighted by molar-refractivity contribution is 0.0770. The summed E-state index contributed by atoms with van der Waals surface area (Å²) in [7, 11) is -3.26. The molecule has 0 bridgehead atoms. The second kappa shape index (κ2) is 6.41. The number of aromatic nitrogens is 1. The molecular weight excluding hydrogens is 332 g/mol. The Balaban J connectivity index is 1.83. The second-order valence-electron chi connectivity index (χ2n) is 5.61. The molecule has 2 aromatic rings. The van der Waals surface area contributed by atoms with Crippen molar-refractivity contribution in [1.29, 1.82) is 0 Å². The van der Waals surface area contributed by atoms with Crippen LogP contribution in [0.3, 0.4) is 0 Å². The SMILES string of the molecule is Cc1ncsc1C(=O)N1CC[C@H](c2ccccc2)S(=O)(=O)CC1. The van der Waals surface area contributed by atoms with Gasteiger partial charge in [0.1, 0.15) is 4.88 Å². The molecule has 0 unspecified atom stereocenters. The highest BCUT2D eigenvalue weighted by Gasteiger charge is 2.33. The molecule has 0 N–H and O–H groups in total. The summed E-state index contributed by atoms with van der Waals surface area (Å²) in [6.07, 6.45) is 0.427. The average molecular weight is 350 g/mol. The van der Waals surface area contributed by atoms with Crippen LogP contribution in [-0.2, 0) is 9.84 Å². The maximum atomic E-state index is 12.6. The third kappa shape index (κ3) is 3.30. The largest absolute Gasteiger partial charge is 0.337 e. The summed E-state index contributed by atoms with van der Waals surface area (Å²) in [6.45, 7) is 2.47. The predicted molar refractivity (Wildman–Crippen MR) is 90.3 cm³/mol. The smallest absolute Gasteiger partial charge is 0.265 e. The molecule has 23 heavy (non-hydrogen) atoms. The van der Waals surface area contributed by atoms with Crippen LogP contribution in [-0.4, -0.2) is 43.1 Å². The van der Waals surface area contributed by atoms with Crippen molar-refractivity contribution < 1.29 is 13.2 Å². The van der Waals surface area contributed by atoms with Crippen molar-refractivity contribution >= 4 is 27.1 Å². The number of nitrogens with zero attached hydrogens (tertiary/aromatic N) is 2. The van der Waals surface area contributed by atoms with Crippen LogP contribution in [0.1, 0.15) is 32.6 Å². The Kier molecular flexibility index (Phi) is 4.50. The molecule has 7 heteroatoms. The van der Waals surface area contributed by atoms with E-state index in [1.165, 1.54) is 11.3 Å². The molecule has 3 rings (SSSR count). The van der Waals surface area contributed by atoms with E-state index in [0.29, 0.717) is 23.5 Å². The van der Waals surface area contributed by atoms with Crippen molar-refractivity contribution in [2.45, 2.75) is 18.6 Å². The van der Waals surface area contributed by atoms with Crippen LogP contribution in [0.25, 0.3) is 0 Å². The molecule has 5 nitrogen and oxygen atoms in total. The summed E-state index contributed by atoms with van der Waals surface area (Å²) in [6, 6.07) is 9.24. The lowest BCUT2D eigenvalue weighted by atomic mass is 10.1. The van der Waals surface area contributed by atoms with E-state index in [1.807, 2.05) is 30.3 Å². The molecule has 1 aliphatic heterocycles. The fourth-order valence-electron chi connectivity index (χ4n) is 2.84. The molecule has 122 valence electrons. The maximum absolute atomic E-state index is 12.6. The maximum Gasteiger partial charge on any atom is 0.265 e. The molecule has 1 aliphatic rings. The number of thiazole rings is 1. The number of aryl methyl sites for hydroxylation is 1. The number of rotatable bonds is 2. The van der Waals surface area contributed by atoms with Gasteiger partial charge in [0, 0.05) is 13.1 Å². The summed E-state index contributed by atoms with van der Waals surface area (Å²) in [5, 5.41) is -0.538. The molecule has 1 aromatic carbocycles. The molecule has 0 aliphatic carbocycles. The van der Waals surface area contributed by atoms with Crippen LogP contribution in [0.15, 0.2) is 35.8 Å². The lowest BCUT2D eigenvalue weighted by Crippen LogP contribution is -2.33. The van der Waals surface area contributed by atoms with Crippen molar-refractivity contribution in [3.05, 3.63) is 52.0 Å². The zero-order valence-corrected chi connectivity index (χ0v) is 14.4. The van der Waals surface area contributed by atoms with E-state index < -0.39 is 15.1 Å². The van der Waals surface area contributed by atoms with Gasteiger partial charge in [-0.3, -0.25) is 4.79 Å². The van der Waals surface area contributed by atoms with Crippen molar-refractivity contribution in [2.24, 2.45) is 0 Å². The summed E-state index contributed by atoms with van der Waals surface area (Å²) in [5.41, 5.74) is 3.15. The second-order valence-corrected chi connectivity index (χ2v) is 8.77. The third-order valence-electron chi connectivity index (χ3n) is 4.14. The minimum Gasteiger partial charge on any atom is -0.337 e. The van der Waals surface area contributed by atoms with Crippen molar-refractivity contribution in [3.8, 4) is 0 Å². The predicted octanol–water partition coefficient (Wildman–Crippen LogP) is 2.45. The fraction of sp³-hybridized carbons (Fsp3) is 0.375. The Hall–Kier alpha value is -1.73. The van der Waals surface area contributed by atoms with Crippen LogP contribution in [0.5, 0.6) is 0 Å². The zero-order valence-electron chi connectivity index (χ0n) is 12.8. The Bertz CT molecular complexity index is 800. The first kappa shape index (κ1) is 16.1. The number of carbonyl (C=O) groups excluding carboxylic acids is 1. The summed E-state index contributed by atoms with van der Waals surface area (Å²) in [5.74, 6) is -0.121. The minimum atomic E-state index is -3.26. The average Bonchev–Trinajstić information content (AvgIpc) is 2.89. The highest BCUT2D eigenvalue weighted by molar-refractivity contribution is 7.91. The summed E-state index contributed by atoms with van der Waals surface area (Å²) in [4.78, 5) is 18.9. The van der Waals surface area contributed by atoms with Gasteiger partial charge in [0.05, 0.1) is 22.2 Å². The van der Waals surface area contributed by atoms with Gasteiger partial charge in [-0.1, -0.05) is 30.3 Å². The Morgan fingerprint density at radius 3 is 2.65 bits per heavy atom. The molecule has 0 saturated carbocycles. The number of amides is 1. The van der Waals surface area contributed by atoms with Crippen molar-refractivity contribution in [3.63, 3.8) is 0 Å². The van der Waals surface area contributed by atoms with Gasteiger partial charge >= 0.3 is 0 Å². The highest BCUT2D eigenvalue weighted by atomic mass is 32.2. The Labute approximate surface area is 139 Å². The number of hydrogen-bond donors (Lipinski definition) is 0. The monoisotopic (exact) mass is 350 g/mol. The molecule has 1 atom stereocenters. The van der Waals surface area contributed by atoms with Crippen LogP contribution in [0.2, 0.25) is 0 Å². The van der Waals surface area contributed by atoms with E-state index in [2.05, 4.69) is 4.98 Å². The van der Waals surface area contributed by atoms with Crippen molar-refractivity contribution in [1.82, 2.24) is 9.88 Å². The molecule has 1 saturated heterocycles. The Morgan fingerprint density at radius 1 is 1.26 bits per heavy atom. The molecular formula is C16H18N2O3S2. The van der Waals surface area contributed by atoms with E-state index in [4.69, 9.17) is 0 Å². The normalized spacial score (nSPS) is 20.9. The van der Waals surface area contributed by atoms with Gasteiger partial charge in [-0.05, 0) is 18.9 Å². The number of benzene rings is 1. The Morgan fingerprint density at radius 2 is 2.00 bits per heavy atom. The molecule has 1 fully saturated rings. The number of hydrogen-bond acceptors (Lipinski definition) is 5. The molecule has 1 aromatic heterocycles. The topological polar surface area (TPSA) is 67.3 Å². The summed E-state index contributed by atoms with van der Waals surface area (Å²) < 4.78 is 25.2. The van der Waals surface area contributed by atoms with E-state index >= 15 is 0 Å². The quantitative estimate of drug-likeness (QED) is 0.834. The standard InChI is InChI=1S/C16H18N2O3S2/c1-12-15(22-11-17-12)16(19)18-8-7-14(23(20,21)10-9-18)13-5-3-2-4-6-13/h2-6,11,14H,7-10H2,1H3/t14-/m1/s1. The van der Waals surface area contributed by atoms with Gasteiger partial charge in [0.15, 0.2) is 9.84 Å². The van der Waals surface area contributed by atoms with Crippen molar-refractivity contribution in [2.75, 3.05) is 18.8 Å². The van der Waals surface area contributed by atoms with Crippen LogP contribution in [0.4, 0.5) is 0 Å². The lowest BCUT2D eigenvalue weighted by Gasteiger charge is -2.19. The first-order chi connectivity index (χ1) is 11.0. The number of sulfone groups is 1. The third-order valence-corrected chi connectivity index (χ3v) is 7.18. The van der Waals surface area contributed by atoms with Gasteiger partial charge in [-0.2, -0.15) is 0 Å². The van der Waals surface area contributed by atoms with E-state index in [0.717, 1.165) is 5.56 Å². The van der Waals surface area contributed by atoms with E-state index in [-0.39, 0.29) is 18.2 Å². The molecule has 1 amide bonds. The first-order valence-electron chi connectivity index (χ1n) is 7.45. The van der Waals surface area contributed by atoms with Crippen LogP contribution < -0.4 is 0 Å². The molecule has 0 spiro atoms. The van der Waals surface area contributed by atoms with E-state index in [1.54, 1.807) is 17.3 Å². The minimum absolute atomic E-state index is 0.00382. The van der Waals surface area contributed by atoms with Gasteiger partial charge in [-0.15, -0.1) is 11.3 Å². The highest BCUT2D eigenvalue weighted by Crippen LogP contribution is 2.30. The van der Waals surface area contributed by atoms with Gasteiger partial charge in [0.25, 0.3) is 5.91 Å². The molecule has 2 heterocycles. The van der Waals surface area contributed by atoms with Crippen LogP contribution in [0, 0.1) is 6.92 Å². The molecule has 0 radical (unpaired) electrons. The number of carbonyl (C=O) groups is 1. The van der Waals surface area contributed by atoms with E-state index in [9.17, 15) is 13.2 Å². The van der Waals surface area contributed by atoms with Gasteiger partial charge in [0.2, 0.25) is 0 Å². The fourth-order valence-corrected chi connectivity index (χ4v) is 5.40. The van der Waals surface area contributed by atoms with Gasteiger partial charge in [-0.25, -0.2) is 13.4 Å².